The van der Waals surface area contributed by atoms with E-state index in [1.807, 2.05) is 5.32 Å². The van der Waals surface area contributed by atoms with Crippen LogP contribution in [-0.4, -0.2) is 24.5 Å². The summed E-state index contributed by atoms with van der Waals surface area (Å²) in [6, 6.07) is 10.5. The molecule has 152 valence electrons. The SMILES string of the molecule is O=C(COC(=O)C1(c2ccccc2F)CCCC1)NC(=O)Nc1ccccc1F. The van der Waals surface area contributed by atoms with Gasteiger partial charge in [0.15, 0.2) is 6.61 Å². The van der Waals surface area contributed by atoms with Crippen LogP contribution in [0.5, 0.6) is 0 Å². The Balaban J connectivity index is 1.59. The maximum atomic E-state index is 14.3. The minimum absolute atomic E-state index is 0.0979. The molecule has 0 aromatic heterocycles. The second-order valence-corrected chi connectivity index (χ2v) is 6.83. The summed E-state index contributed by atoms with van der Waals surface area (Å²) in [5, 5.41) is 4.15. The standard InChI is InChI=1S/C21H20F2N2O4/c22-15-8-2-1-7-14(15)21(11-5-6-12-21)19(27)29-13-18(26)25-20(28)24-17-10-4-3-9-16(17)23/h1-4,7-10H,5-6,11-13H2,(H2,24,25,26,28). The normalized spacial score (nSPS) is 14.8. The van der Waals surface area contributed by atoms with Crippen molar-refractivity contribution in [2.75, 3.05) is 11.9 Å². The van der Waals surface area contributed by atoms with Crippen LogP contribution in [0.1, 0.15) is 31.2 Å². The molecule has 3 amide bonds. The fourth-order valence-corrected chi connectivity index (χ4v) is 3.56. The van der Waals surface area contributed by atoms with E-state index in [4.69, 9.17) is 4.74 Å². The summed E-state index contributed by atoms with van der Waals surface area (Å²) in [5.41, 5.74) is -0.986. The predicted molar refractivity (Wildman–Crippen MR) is 101 cm³/mol. The van der Waals surface area contributed by atoms with E-state index in [0.717, 1.165) is 18.9 Å². The third-order valence-corrected chi connectivity index (χ3v) is 4.95. The zero-order valence-electron chi connectivity index (χ0n) is 15.5. The van der Waals surface area contributed by atoms with Crippen LogP contribution in [0.3, 0.4) is 0 Å². The number of carbonyl (C=O) groups is 3. The van der Waals surface area contributed by atoms with Gasteiger partial charge < -0.3 is 10.1 Å². The summed E-state index contributed by atoms with van der Waals surface area (Å²) in [5.74, 6) is -2.74. The maximum Gasteiger partial charge on any atom is 0.326 e. The number of anilines is 1. The molecule has 1 fully saturated rings. The van der Waals surface area contributed by atoms with Gasteiger partial charge in [0, 0.05) is 5.56 Å². The van der Waals surface area contributed by atoms with Crippen molar-refractivity contribution in [2.45, 2.75) is 31.1 Å². The third kappa shape index (κ3) is 4.59. The summed E-state index contributed by atoms with van der Waals surface area (Å²) < 4.78 is 32.9. The van der Waals surface area contributed by atoms with Gasteiger partial charge in [-0.3, -0.25) is 14.9 Å². The number of halogens is 2. The first-order chi connectivity index (χ1) is 13.9. The van der Waals surface area contributed by atoms with Gasteiger partial charge >= 0.3 is 12.0 Å². The maximum absolute atomic E-state index is 14.3. The number of amides is 3. The van der Waals surface area contributed by atoms with Gasteiger partial charge in [-0.25, -0.2) is 13.6 Å². The molecule has 1 saturated carbocycles. The van der Waals surface area contributed by atoms with Crippen molar-refractivity contribution >= 4 is 23.6 Å². The van der Waals surface area contributed by atoms with Crippen LogP contribution in [0, 0.1) is 11.6 Å². The number of ether oxygens (including phenoxy) is 1. The topological polar surface area (TPSA) is 84.5 Å². The first-order valence-corrected chi connectivity index (χ1v) is 9.20. The Bertz CT molecular complexity index is 926. The number of hydrogen-bond acceptors (Lipinski definition) is 4. The Morgan fingerprint density at radius 3 is 2.21 bits per heavy atom. The third-order valence-electron chi connectivity index (χ3n) is 4.95. The Hall–Kier alpha value is -3.29. The smallest absolute Gasteiger partial charge is 0.326 e. The molecule has 0 spiro atoms. The van der Waals surface area contributed by atoms with E-state index in [2.05, 4.69) is 5.32 Å². The minimum Gasteiger partial charge on any atom is -0.455 e. The Labute approximate surface area is 166 Å². The Kier molecular flexibility index (Phi) is 6.21. The molecule has 0 atom stereocenters. The first-order valence-electron chi connectivity index (χ1n) is 9.20. The number of benzene rings is 2. The molecule has 0 radical (unpaired) electrons. The van der Waals surface area contributed by atoms with Crippen molar-refractivity contribution in [2.24, 2.45) is 0 Å². The second-order valence-electron chi connectivity index (χ2n) is 6.83. The predicted octanol–water partition coefficient (Wildman–Crippen LogP) is 3.67. The zero-order chi connectivity index (χ0) is 20.9. The molecule has 0 unspecified atom stereocenters. The quantitative estimate of drug-likeness (QED) is 0.748. The number of nitrogens with one attached hydrogen (secondary N) is 2. The van der Waals surface area contributed by atoms with E-state index in [1.165, 1.54) is 30.3 Å². The first kappa shape index (κ1) is 20.4. The molecule has 1 aliphatic rings. The van der Waals surface area contributed by atoms with Crippen molar-refractivity contribution in [1.29, 1.82) is 0 Å². The molecule has 0 heterocycles. The lowest BCUT2D eigenvalue weighted by molar-refractivity contribution is -0.154. The molecule has 29 heavy (non-hydrogen) atoms. The van der Waals surface area contributed by atoms with Crippen molar-refractivity contribution in [3.05, 3.63) is 65.7 Å². The average molecular weight is 402 g/mol. The highest BCUT2D eigenvalue weighted by Gasteiger charge is 2.46. The lowest BCUT2D eigenvalue weighted by atomic mass is 9.78. The van der Waals surface area contributed by atoms with Crippen LogP contribution in [-0.2, 0) is 19.7 Å². The van der Waals surface area contributed by atoms with E-state index in [1.54, 1.807) is 12.1 Å². The average Bonchev–Trinajstić information content (AvgIpc) is 3.19. The van der Waals surface area contributed by atoms with Crippen LogP contribution < -0.4 is 10.6 Å². The fourth-order valence-electron chi connectivity index (χ4n) is 3.56. The van der Waals surface area contributed by atoms with Gasteiger partial charge in [0.25, 0.3) is 5.91 Å². The molecular formula is C21H20F2N2O4. The molecule has 2 aromatic carbocycles. The van der Waals surface area contributed by atoms with Gasteiger partial charge in [-0.2, -0.15) is 0 Å². The van der Waals surface area contributed by atoms with E-state index in [0.29, 0.717) is 12.8 Å². The Morgan fingerprint density at radius 2 is 1.55 bits per heavy atom. The van der Waals surface area contributed by atoms with Crippen molar-refractivity contribution in [1.82, 2.24) is 5.32 Å². The van der Waals surface area contributed by atoms with E-state index in [9.17, 15) is 23.2 Å². The summed E-state index contributed by atoms with van der Waals surface area (Å²) in [6.07, 6.45) is 2.31. The van der Waals surface area contributed by atoms with Gasteiger partial charge in [0.05, 0.1) is 11.1 Å². The second kappa shape index (κ2) is 8.81. The molecule has 2 N–H and O–H groups in total. The minimum atomic E-state index is -1.14. The molecule has 2 aromatic rings. The molecule has 8 heteroatoms. The largest absolute Gasteiger partial charge is 0.455 e. The van der Waals surface area contributed by atoms with Gasteiger partial charge in [0.2, 0.25) is 0 Å². The summed E-state index contributed by atoms with van der Waals surface area (Å²) >= 11 is 0. The number of hydrogen-bond donors (Lipinski definition) is 2. The molecule has 0 saturated heterocycles. The summed E-state index contributed by atoms with van der Waals surface area (Å²) in [7, 11) is 0. The van der Waals surface area contributed by atoms with Gasteiger partial charge in [-0.15, -0.1) is 0 Å². The molecule has 0 bridgehead atoms. The number of para-hydroxylation sites is 1. The molecule has 0 aliphatic heterocycles. The van der Waals surface area contributed by atoms with Crippen molar-refractivity contribution < 1.29 is 27.9 Å². The van der Waals surface area contributed by atoms with Crippen LogP contribution in [0.15, 0.2) is 48.5 Å². The number of urea groups is 1. The number of imide groups is 1. The molecule has 3 rings (SSSR count). The van der Waals surface area contributed by atoms with Crippen LogP contribution in [0.25, 0.3) is 0 Å². The summed E-state index contributed by atoms with van der Waals surface area (Å²) in [6.45, 7) is -0.709. The molecule has 6 nitrogen and oxygen atoms in total. The van der Waals surface area contributed by atoms with Crippen LogP contribution >= 0.6 is 0 Å². The van der Waals surface area contributed by atoms with E-state index < -0.39 is 41.6 Å². The van der Waals surface area contributed by atoms with Gasteiger partial charge in [-0.1, -0.05) is 43.2 Å². The highest BCUT2D eigenvalue weighted by atomic mass is 19.1. The molecule has 1 aliphatic carbocycles. The number of esters is 1. The zero-order valence-corrected chi connectivity index (χ0v) is 15.5. The molecular weight excluding hydrogens is 382 g/mol. The number of rotatable bonds is 5. The van der Waals surface area contributed by atoms with E-state index >= 15 is 0 Å². The van der Waals surface area contributed by atoms with Crippen LogP contribution in [0.4, 0.5) is 19.3 Å². The van der Waals surface area contributed by atoms with Crippen molar-refractivity contribution in [3.63, 3.8) is 0 Å². The van der Waals surface area contributed by atoms with E-state index in [-0.39, 0.29) is 11.3 Å². The van der Waals surface area contributed by atoms with Crippen molar-refractivity contribution in [3.8, 4) is 0 Å². The highest BCUT2D eigenvalue weighted by Crippen LogP contribution is 2.43. The monoisotopic (exact) mass is 402 g/mol. The summed E-state index contributed by atoms with van der Waals surface area (Å²) in [4.78, 5) is 36.5. The number of carbonyl (C=O) groups excluding carboxylic acids is 3. The van der Waals surface area contributed by atoms with Gasteiger partial charge in [-0.05, 0) is 31.0 Å². The lowest BCUT2D eigenvalue weighted by Gasteiger charge is -2.27. The highest BCUT2D eigenvalue weighted by molar-refractivity contribution is 6.02. The Morgan fingerprint density at radius 1 is 0.931 bits per heavy atom. The lowest BCUT2D eigenvalue weighted by Crippen LogP contribution is -2.40. The van der Waals surface area contributed by atoms with Gasteiger partial charge in [0.1, 0.15) is 11.6 Å². The fraction of sp³-hybridized carbons (Fsp3) is 0.286. The van der Waals surface area contributed by atoms with Crippen LogP contribution in [0.2, 0.25) is 0 Å².